The molecule has 1 saturated heterocycles. The van der Waals surface area contributed by atoms with E-state index in [0.29, 0.717) is 5.11 Å². The zero-order valence-electron chi connectivity index (χ0n) is 20.9. The van der Waals surface area contributed by atoms with Gasteiger partial charge in [0.15, 0.2) is 5.11 Å². The van der Waals surface area contributed by atoms with Crippen LogP contribution < -0.4 is 15.5 Å². The fourth-order valence-electron chi connectivity index (χ4n) is 4.62. The van der Waals surface area contributed by atoms with Gasteiger partial charge >= 0.3 is 0 Å². The fraction of sp³-hybridized carbons (Fsp3) is 0.207. The smallest absolute Gasteiger partial charge is 0.226 e. The highest BCUT2D eigenvalue weighted by Gasteiger charge is 2.42. The fourth-order valence-corrected chi connectivity index (χ4v) is 4.97. The van der Waals surface area contributed by atoms with Crippen LogP contribution in [0.5, 0.6) is 0 Å². The highest BCUT2D eigenvalue weighted by atomic mass is 32.1. The van der Waals surface area contributed by atoms with E-state index in [9.17, 15) is 9.18 Å². The van der Waals surface area contributed by atoms with Crippen molar-refractivity contribution in [3.63, 3.8) is 0 Å². The molecule has 8 heteroatoms. The van der Waals surface area contributed by atoms with Crippen LogP contribution in [0, 0.1) is 18.7 Å². The van der Waals surface area contributed by atoms with E-state index in [0.717, 1.165) is 34.0 Å². The van der Waals surface area contributed by atoms with E-state index in [2.05, 4.69) is 26.6 Å². The molecule has 1 aliphatic heterocycles. The van der Waals surface area contributed by atoms with Gasteiger partial charge in [0.05, 0.1) is 11.7 Å². The molecule has 0 aliphatic carbocycles. The van der Waals surface area contributed by atoms with Crippen molar-refractivity contribution in [1.82, 2.24) is 14.9 Å². The SMILES string of the molecule is Cc1cc(N2C(=S)N[C@@H](c3ccccn3)[C@H]2c2cccn2-c2ccc(F)cc2)ccc1NC(=O)C(C)C. The molecule has 188 valence electrons. The first kappa shape index (κ1) is 24.6. The third kappa shape index (κ3) is 4.84. The first-order valence-corrected chi connectivity index (χ1v) is 12.6. The van der Waals surface area contributed by atoms with Crippen LogP contribution in [0.4, 0.5) is 15.8 Å². The number of nitrogens with zero attached hydrogens (tertiary/aromatic N) is 3. The standard InChI is InChI=1S/C29H28FN5OS/c1-18(2)28(36)32-23-14-13-22(17-19(23)3)35-27(26(33-29(35)37)24-7-4-5-15-31-24)25-8-6-16-34(25)21-11-9-20(30)10-12-21/h4-18,26-27H,1-3H3,(H,32,36)(H,33,37)/t26-,27+/m0/s1. The first-order valence-electron chi connectivity index (χ1n) is 12.2. The van der Waals surface area contributed by atoms with Crippen molar-refractivity contribution in [2.24, 2.45) is 5.92 Å². The van der Waals surface area contributed by atoms with Crippen molar-refractivity contribution in [1.29, 1.82) is 0 Å². The Kier molecular flexibility index (Phi) is 6.76. The van der Waals surface area contributed by atoms with Gasteiger partial charge in [0.1, 0.15) is 11.9 Å². The van der Waals surface area contributed by atoms with E-state index in [-0.39, 0.29) is 29.7 Å². The molecular formula is C29H28FN5OS. The minimum Gasteiger partial charge on any atom is -0.351 e. The summed E-state index contributed by atoms with van der Waals surface area (Å²) in [6.45, 7) is 5.70. The molecule has 0 saturated carbocycles. The lowest BCUT2D eigenvalue weighted by molar-refractivity contribution is -0.118. The largest absolute Gasteiger partial charge is 0.351 e. The van der Waals surface area contributed by atoms with Crippen LogP contribution in [-0.4, -0.2) is 20.6 Å². The predicted molar refractivity (Wildman–Crippen MR) is 148 cm³/mol. The zero-order valence-corrected chi connectivity index (χ0v) is 21.7. The molecule has 37 heavy (non-hydrogen) atoms. The summed E-state index contributed by atoms with van der Waals surface area (Å²) in [5.41, 5.74) is 5.29. The Morgan fingerprint density at radius 2 is 1.81 bits per heavy atom. The Hall–Kier alpha value is -4.04. The lowest BCUT2D eigenvalue weighted by Crippen LogP contribution is -2.30. The van der Waals surface area contributed by atoms with Crippen molar-refractivity contribution < 1.29 is 9.18 Å². The number of hydrogen-bond acceptors (Lipinski definition) is 3. The summed E-state index contributed by atoms with van der Waals surface area (Å²) in [6, 6.07) is 21.7. The Morgan fingerprint density at radius 3 is 2.49 bits per heavy atom. The Bertz CT molecular complexity index is 1430. The summed E-state index contributed by atoms with van der Waals surface area (Å²) < 4.78 is 15.7. The lowest BCUT2D eigenvalue weighted by atomic mass is 10.00. The third-order valence-corrected chi connectivity index (χ3v) is 6.87. The van der Waals surface area contributed by atoms with Crippen LogP contribution in [-0.2, 0) is 4.79 Å². The molecule has 2 aromatic heterocycles. The number of hydrogen-bond donors (Lipinski definition) is 2. The van der Waals surface area contributed by atoms with Gasteiger partial charge in [-0.05, 0) is 91.4 Å². The number of aromatic nitrogens is 2. The number of amides is 1. The Labute approximate surface area is 221 Å². The molecule has 6 nitrogen and oxygen atoms in total. The van der Waals surface area contributed by atoms with E-state index in [1.165, 1.54) is 12.1 Å². The Morgan fingerprint density at radius 1 is 1.05 bits per heavy atom. The predicted octanol–water partition coefficient (Wildman–Crippen LogP) is 6.09. The molecule has 1 aliphatic rings. The van der Waals surface area contributed by atoms with Gasteiger partial charge in [-0.1, -0.05) is 19.9 Å². The van der Waals surface area contributed by atoms with Crippen LogP contribution >= 0.6 is 12.2 Å². The first-order chi connectivity index (χ1) is 17.8. The van der Waals surface area contributed by atoms with Crippen LogP contribution in [0.1, 0.15) is 42.9 Å². The molecule has 3 heterocycles. The number of halogens is 1. The van der Waals surface area contributed by atoms with E-state index in [4.69, 9.17) is 12.2 Å². The van der Waals surface area contributed by atoms with Crippen LogP contribution in [0.2, 0.25) is 0 Å². The molecule has 1 fully saturated rings. The number of thiocarbonyl (C=S) groups is 1. The van der Waals surface area contributed by atoms with Crippen LogP contribution in [0.25, 0.3) is 5.69 Å². The molecule has 0 radical (unpaired) electrons. The highest BCUT2D eigenvalue weighted by molar-refractivity contribution is 7.80. The van der Waals surface area contributed by atoms with E-state index in [1.807, 2.05) is 74.0 Å². The maximum absolute atomic E-state index is 13.7. The van der Waals surface area contributed by atoms with Gasteiger partial charge in [-0.2, -0.15) is 0 Å². The van der Waals surface area contributed by atoms with Gasteiger partial charge in [-0.3, -0.25) is 9.78 Å². The number of carbonyl (C=O) groups is 1. The Balaban J connectivity index is 1.59. The maximum atomic E-state index is 13.7. The van der Waals surface area contributed by atoms with Crippen molar-refractivity contribution in [2.45, 2.75) is 32.9 Å². The molecule has 2 aromatic carbocycles. The van der Waals surface area contributed by atoms with Crippen molar-refractivity contribution in [2.75, 3.05) is 10.2 Å². The minimum absolute atomic E-state index is 0.0283. The lowest BCUT2D eigenvalue weighted by Gasteiger charge is -2.29. The number of benzene rings is 2. The third-order valence-electron chi connectivity index (χ3n) is 6.56. The van der Waals surface area contributed by atoms with Crippen LogP contribution in [0.3, 0.4) is 0 Å². The minimum atomic E-state index is -0.283. The molecule has 1 amide bonds. The summed E-state index contributed by atoms with van der Waals surface area (Å²) >= 11 is 5.87. The van der Waals surface area contributed by atoms with E-state index in [1.54, 1.807) is 18.3 Å². The quantitative estimate of drug-likeness (QED) is 0.306. The van der Waals surface area contributed by atoms with Crippen LogP contribution in [0.15, 0.2) is 85.2 Å². The zero-order chi connectivity index (χ0) is 26.1. The number of rotatable bonds is 6. The number of carbonyl (C=O) groups excluding carboxylic acids is 1. The van der Waals surface area contributed by atoms with Crippen molar-refractivity contribution >= 4 is 34.6 Å². The summed E-state index contributed by atoms with van der Waals surface area (Å²) in [6.07, 6.45) is 3.74. The number of anilines is 2. The molecule has 5 rings (SSSR count). The normalized spacial score (nSPS) is 17.2. The molecule has 0 unspecified atom stereocenters. The summed E-state index contributed by atoms with van der Waals surface area (Å²) in [4.78, 5) is 19.0. The van der Waals surface area contributed by atoms with Crippen molar-refractivity contribution in [3.05, 3.63) is 108 Å². The summed E-state index contributed by atoms with van der Waals surface area (Å²) in [5, 5.41) is 7.05. The second kappa shape index (κ2) is 10.1. The molecule has 2 atom stereocenters. The monoisotopic (exact) mass is 513 g/mol. The molecule has 2 N–H and O–H groups in total. The van der Waals surface area contributed by atoms with Gasteiger partial charge in [-0.15, -0.1) is 0 Å². The average Bonchev–Trinajstić information content (AvgIpc) is 3.50. The second-order valence-electron chi connectivity index (χ2n) is 9.42. The number of pyridine rings is 1. The molecule has 4 aromatic rings. The van der Waals surface area contributed by atoms with Gasteiger partial charge in [0.25, 0.3) is 0 Å². The summed E-state index contributed by atoms with van der Waals surface area (Å²) in [5.74, 6) is -0.425. The number of aryl methyl sites for hydroxylation is 1. The summed E-state index contributed by atoms with van der Waals surface area (Å²) in [7, 11) is 0. The second-order valence-corrected chi connectivity index (χ2v) is 9.81. The molecule has 0 bridgehead atoms. The highest BCUT2D eigenvalue weighted by Crippen LogP contribution is 2.42. The van der Waals surface area contributed by atoms with Gasteiger partial charge in [0.2, 0.25) is 5.91 Å². The average molecular weight is 514 g/mol. The van der Waals surface area contributed by atoms with Gasteiger partial charge < -0.3 is 20.1 Å². The van der Waals surface area contributed by atoms with E-state index < -0.39 is 0 Å². The van der Waals surface area contributed by atoms with Crippen molar-refractivity contribution in [3.8, 4) is 5.69 Å². The number of nitrogens with one attached hydrogen (secondary N) is 2. The van der Waals surface area contributed by atoms with Gasteiger partial charge in [-0.25, -0.2) is 4.39 Å². The topological polar surface area (TPSA) is 62.2 Å². The van der Waals surface area contributed by atoms with Gasteiger partial charge in [0, 0.05) is 41.1 Å². The molecular weight excluding hydrogens is 485 g/mol. The van der Waals surface area contributed by atoms with E-state index >= 15 is 0 Å². The maximum Gasteiger partial charge on any atom is 0.226 e. The molecule has 0 spiro atoms.